The summed E-state index contributed by atoms with van der Waals surface area (Å²) in [6, 6.07) is 7.49. The van der Waals surface area contributed by atoms with Crippen molar-refractivity contribution in [3.63, 3.8) is 0 Å². The molecule has 11 heteroatoms. The molecule has 5 bridgehead atoms. The Hall–Kier alpha value is -3.02. The Bertz CT molecular complexity index is 1320. The molecule has 0 aromatic heterocycles. The van der Waals surface area contributed by atoms with Crippen LogP contribution in [0, 0.1) is 11.8 Å². The molecule has 3 amide bonds. The second-order valence-electron chi connectivity index (χ2n) is 12.2. The molecule has 1 unspecified atom stereocenters. The van der Waals surface area contributed by atoms with Crippen LogP contribution in [-0.4, -0.2) is 88.1 Å². The Balaban J connectivity index is 1.60. The van der Waals surface area contributed by atoms with Crippen molar-refractivity contribution >= 4 is 39.6 Å². The first-order valence-electron chi connectivity index (χ1n) is 15.6. The van der Waals surface area contributed by atoms with Crippen LogP contribution >= 0.6 is 15.9 Å². The minimum absolute atomic E-state index is 0.132. The van der Waals surface area contributed by atoms with Crippen LogP contribution < -0.4 is 5.32 Å². The van der Waals surface area contributed by atoms with E-state index < -0.39 is 47.7 Å². The van der Waals surface area contributed by atoms with Gasteiger partial charge in [0.25, 0.3) is 0 Å². The number of aliphatic hydroxyl groups is 1. The number of carbonyl (C=O) groups is 4. The molecule has 1 aromatic carbocycles. The van der Waals surface area contributed by atoms with Gasteiger partial charge in [0.2, 0.25) is 17.7 Å². The van der Waals surface area contributed by atoms with Gasteiger partial charge in [0.05, 0.1) is 12.0 Å². The predicted octanol–water partition coefficient (Wildman–Crippen LogP) is 3.40. The third kappa shape index (κ3) is 5.86. The Morgan fingerprint density at radius 1 is 1.11 bits per heavy atom. The maximum Gasteiger partial charge on any atom is 0.313 e. The summed E-state index contributed by atoms with van der Waals surface area (Å²) < 4.78 is 13.3. The summed E-state index contributed by atoms with van der Waals surface area (Å²) in [6.07, 6.45) is 6.56. The van der Waals surface area contributed by atoms with Gasteiger partial charge < -0.3 is 29.7 Å². The van der Waals surface area contributed by atoms with Crippen LogP contribution in [0.4, 0.5) is 0 Å². The first-order chi connectivity index (χ1) is 21.1. The predicted molar refractivity (Wildman–Crippen MR) is 166 cm³/mol. The highest BCUT2D eigenvalue weighted by atomic mass is 79.9. The van der Waals surface area contributed by atoms with E-state index in [2.05, 4.69) is 28.2 Å². The van der Waals surface area contributed by atoms with Crippen LogP contribution in [0.25, 0.3) is 0 Å². The lowest BCUT2D eigenvalue weighted by Crippen LogP contribution is -2.57. The highest BCUT2D eigenvalue weighted by Crippen LogP contribution is 2.59. The Morgan fingerprint density at radius 2 is 1.86 bits per heavy atom. The number of hydrogen-bond donors (Lipinski definition) is 2. The number of likely N-dealkylation sites (tertiary alicyclic amines) is 1. The number of benzene rings is 1. The number of cyclic esters (lactones) is 1. The smallest absolute Gasteiger partial charge is 0.313 e. The van der Waals surface area contributed by atoms with Crippen LogP contribution in [0.2, 0.25) is 0 Å². The first-order valence-corrected chi connectivity index (χ1v) is 16.4. The molecule has 2 fully saturated rings. The Kier molecular flexibility index (Phi) is 9.96. The summed E-state index contributed by atoms with van der Waals surface area (Å²) in [5.74, 6) is -3.44. The van der Waals surface area contributed by atoms with E-state index >= 15 is 0 Å². The maximum atomic E-state index is 14.6. The zero-order valence-corrected chi connectivity index (χ0v) is 27.1. The number of rotatable bonds is 7. The topological polar surface area (TPSA) is 125 Å². The van der Waals surface area contributed by atoms with Crippen LogP contribution in [-0.2, 0) is 28.7 Å². The fourth-order valence-corrected chi connectivity index (χ4v) is 7.93. The highest BCUT2D eigenvalue weighted by molar-refractivity contribution is 9.11. The van der Waals surface area contributed by atoms with Crippen molar-refractivity contribution in [2.45, 2.75) is 88.8 Å². The lowest BCUT2D eigenvalue weighted by molar-refractivity contribution is -0.161. The number of nitrogens with one attached hydrogen (secondary N) is 1. The average molecular weight is 673 g/mol. The van der Waals surface area contributed by atoms with E-state index in [1.54, 1.807) is 17.9 Å². The number of nitrogens with zero attached hydrogens (tertiary/aromatic N) is 2. The molecule has 4 heterocycles. The Labute approximate surface area is 266 Å². The number of fused-ring (bicyclic) bond motifs is 2. The number of carbonyl (C=O) groups excluding carboxylic acids is 4. The van der Waals surface area contributed by atoms with Crippen molar-refractivity contribution in [3.8, 4) is 0 Å². The normalized spacial score (nSPS) is 34.0. The first kappa shape index (κ1) is 32.4. The third-order valence-electron chi connectivity index (χ3n) is 9.23. The van der Waals surface area contributed by atoms with Gasteiger partial charge in [0.1, 0.15) is 29.8 Å². The van der Waals surface area contributed by atoms with Crippen LogP contribution in [0.3, 0.4) is 0 Å². The summed E-state index contributed by atoms with van der Waals surface area (Å²) >= 11 is 3.58. The molecule has 1 spiro atoms. The Morgan fingerprint density at radius 3 is 2.57 bits per heavy atom. The minimum Gasteiger partial charge on any atom is -0.455 e. The second kappa shape index (κ2) is 13.5. The molecule has 4 aliphatic rings. The highest BCUT2D eigenvalue weighted by Gasteiger charge is 2.75. The molecule has 5 rings (SSSR count). The molecule has 1 aromatic rings. The van der Waals surface area contributed by atoms with Crippen molar-refractivity contribution in [1.82, 2.24) is 15.1 Å². The monoisotopic (exact) mass is 671 g/mol. The van der Waals surface area contributed by atoms with E-state index in [4.69, 9.17) is 9.47 Å². The third-order valence-corrected chi connectivity index (χ3v) is 9.91. The zero-order valence-electron chi connectivity index (χ0n) is 25.5. The van der Waals surface area contributed by atoms with E-state index in [0.29, 0.717) is 23.0 Å². The standard InChI is InChI=1S/C33H42BrN3O7/c1-4-12-20(2)36-16-10-6-9-15-24(39)35-21(3)27(22-13-7-5-8-14-22)43-32(42)25-26-30(40)37(17-11-18-38)29(31(36)41)33(26)19-23(34)28(25)44-33/h5-8,10,13-14,19-21,25-29,38H,4,9,11-12,15-18H2,1-3H3,(H,35,39)/b10-6-/t20?,21-,25+,26-,27+,28+,29+,33-/m1/s1. The molecule has 0 radical (unpaired) electrons. The number of amides is 3. The quantitative estimate of drug-likeness (QED) is 0.336. The fourth-order valence-electron chi connectivity index (χ4n) is 7.19. The van der Waals surface area contributed by atoms with E-state index in [-0.39, 0.29) is 49.8 Å². The van der Waals surface area contributed by atoms with Gasteiger partial charge in [-0.25, -0.2) is 0 Å². The summed E-state index contributed by atoms with van der Waals surface area (Å²) in [5, 5.41) is 12.7. The summed E-state index contributed by atoms with van der Waals surface area (Å²) in [4.78, 5) is 59.2. The minimum atomic E-state index is -1.37. The maximum absolute atomic E-state index is 14.6. The van der Waals surface area contributed by atoms with Crippen LogP contribution in [0.1, 0.15) is 64.5 Å². The van der Waals surface area contributed by atoms with Gasteiger partial charge in [-0.2, -0.15) is 0 Å². The van der Waals surface area contributed by atoms with Gasteiger partial charge in [0.15, 0.2) is 0 Å². The molecular weight excluding hydrogens is 630 g/mol. The number of hydrogen-bond acceptors (Lipinski definition) is 7. The lowest BCUT2D eigenvalue weighted by Gasteiger charge is -2.38. The molecule has 8 atom stereocenters. The van der Waals surface area contributed by atoms with Gasteiger partial charge in [-0.15, -0.1) is 0 Å². The molecule has 238 valence electrons. The van der Waals surface area contributed by atoms with Gasteiger partial charge in [0, 0.05) is 36.6 Å². The van der Waals surface area contributed by atoms with E-state index in [0.717, 1.165) is 12.8 Å². The number of esters is 1. The number of allylic oxidation sites excluding steroid dienone is 1. The van der Waals surface area contributed by atoms with Gasteiger partial charge in [-0.3, -0.25) is 19.2 Å². The van der Waals surface area contributed by atoms with Crippen LogP contribution in [0.5, 0.6) is 0 Å². The molecule has 44 heavy (non-hydrogen) atoms. The lowest BCUT2D eigenvalue weighted by atomic mass is 9.74. The summed E-state index contributed by atoms with van der Waals surface area (Å²) in [7, 11) is 0. The molecule has 2 N–H and O–H groups in total. The number of ether oxygens (including phenoxy) is 2. The molecule has 4 aliphatic heterocycles. The SMILES string of the molecule is CCCC(C)N1C/C=C\CCC(=O)N[C@H](C)[C@@H](c2ccccc2)OC(=O)[C@@H]2[C@H]3O[C@@]4(C=C3Br)[C@H](C1=O)N(CCCO)C(=O)[C@@H]24. The second-order valence-corrected chi connectivity index (χ2v) is 13.1. The van der Waals surface area contributed by atoms with Crippen molar-refractivity contribution < 1.29 is 33.8 Å². The molecule has 0 saturated carbocycles. The van der Waals surface area contributed by atoms with Crippen molar-refractivity contribution in [1.29, 1.82) is 0 Å². The number of aliphatic hydroxyl groups excluding tert-OH is 1. The molecule has 2 saturated heterocycles. The van der Waals surface area contributed by atoms with Gasteiger partial charge in [-0.1, -0.05) is 71.8 Å². The molecule has 10 nitrogen and oxygen atoms in total. The van der Waals surface area contributed by atoms with Gasteiger partial charge >= 0.3 is 5.97 Å². The van der Waals surface area contributed by atoms with Crippen LogP contribution in [0.15, 0.2) is 53.0 Å². The van der Waals surface area contributed by atoms with Gasteiger partial charge in [-0.05, 0) is 44.7 Å². The summed E-state index contributed by atoms with van der Waals surface area (Å²) in [6.45, 7) is 6.12. The van der Waals surface area contributed by atoms with Crippen molar-refractivity contribution in [2.75, 3.05) is 19.7 Å². The summed E-state index contributed by atoms with van der Waals surface area (Å²) in [5.41, 5.74) is -0.670. The fraction of sp³-hybridized carbons (Fsp3) is 0.576. The largest absolute Gasteiger partial charge is 0.455 e. The van der Waals surface area contributed by atoms with E-state index in [1.165, 1.54) is 4.90 Å². The number of halogens is 1. The molecule has 0 aliphatic carbocycles. The van der Waals surface area contributed by atoms with Crippen molar-refractivity contribution in [2.24, 2.45) is 11.8 Å². The van der Waals surface area contributed by atoms with E-state index in [1.807, 2.05) is 49.4 Å². The molecular formula is C33H42BrN3O7. The average Bonchev–Trinajstić information content (AvgIpc) is 3.59. The zero-order chi connectivity index (χ0) is 31.6. The van der Waals surface area contributed by atoms with E-state index in [9.17, 15) is 24.3 Å². The van der Waals surface area contributed by atoms with Crippen molar-refractivity contribution in [3.05, 3.63) is 58.6 Å².